The van der Waals surface area contributed by atoms with Gasteiger partial charge in [-0.2, -0.15) is 0 Å². The molecule has 1 aromatic carbocycles. The molecule has 0 spiro atoms. The molecule has 0 atom stereocenters. The number of fused-ring (bicyclic) bond motifs is 1. The summed E-state index contributed by atoms with van der Waals surface area (Å²) in [5.41, 5.74) is 1.14. The van der Waals surface area contributed by atoms with Crippen LogP contribution in [-0.2, 0) is 0 Å². The number of nitrogens with zero attached hydrogens (tertiary/aromatic N) is 2. The average molecular weight is 257 g/mol. The Morgan fingerprint density at radius 3 is 2.53 bits per heavy atom. The van der Waals surface area contributed by atoms with Gasteiger partial charge in [0.05, 0.1) is 10.5 Å². The smallest absolute Gasteiger partial charge is 0.280 e. The van der Waals surface area contributed by atoms with E-state index >= 15 is 0 Å². The molecular weight excluding hydrogens is 246 g/mol. The van der Waals surface area contributed by atoms with Gasteiger partial charge in [-0.05, 0) is 24.3 Å². The van der Waals surface area contributed by atoms with Crippen LogP contribution < -0.4 is 4.90 Å². The Morgan fingerprint density at radius 1 is 1.24 bits per heavy atom. The predicted octanol–water partition coefficient (Wildman–Crippen LogP) is 3.89. The largest absolute Gasteiger partial charge is 0.378 e. The molecule has 2 rings (SSSR count). The number of anilines is 1. The predicted molar refractivity (Wildman–Crippen MR) is 66.0 cm³/mol. The van der Waals surface area contributed by atoms with Crippen LogP contribution in [0, 0.1) is 0 Å². The molecule has 90 valence electrons. The summed E-state index contributed by atoms with van der Waals surface area (Å²) >= 11 is 5.99. The molecule has 17 heavy (non-hydrogen) atoms. The van der Waals surface area contributed by atoms with Crippen LogP contribution in [0.15, 0.2) is 24.3 Å². The highest BCUT2D eigenvalue weighted by molar-refractivity contribution is 6.35. The highest BCUT2D eigenvalue weighted by Gasteiger charge is 2.12. The first-order valence-electron chi connectivity index (χ1n) is 5.04. The number of benzene rings is 1. The molecule has 0 fully saturated rings. The molecule has 0 saturated carbocycles. The monoisotopic (exact) mass is 256 g/mol. The first kappa shape index (κ1) is 12.0. The van der Waals surface area contributed by atoms with Crippen LogP contribution in [0.4, 0.5) is 14.5 Å². The molecule has 0 amide bonds. The van der Waals surface area contributed by atoms with Crippen molar-refractivity contribution in [2.24, 2.45) is 0 Å². The molecule has 0 unspecified atom stereocenters. The van der Waals surface area contributed by atoms with Crippen molar-refractivity contribution in [3.05, 3.63) is 35.0 Å². The summed E-state index contributed by atoms with van der Waals surface area (Å²) in [6.45, 7) is 0. The molecular formula is C12H11ClF2N2. The van der Waals surface area contributed by atoms with Gasteiger partial charge in [-0.25, -0.2) is 13.8 Å². The van der Waals surface area contributed by atoms with Gasteiger partial charge in [0.1, 0.15) is 5.69 Å². The van der Waals surface area contributed by atoms with Crippen molar-refractivity contribution >= 4 is 28.2 Å². The van der Waals surface area contributed by atoms with Crippen LogP contribution in [0.3, 0.4) is 0 Å². The van der Waals surface area contributed by atoms with E-state index in [9.17, 15) is 8.78 Å². The zero-order valence-corrected chi connectivity index (χ0v) is 10.2. The van der Waals surface area contributed by atoms with Gasteiger partial charge >= 0.3 is 0 Å². The minimum atomic E-state index is -2.61. The van der Waals surface area contributed by atoms with E-state index in [0.717, 1.165) is 5.69 Å². The van der Waals surface area contributed by atoms with Crippen molar-refractivity contribution in [1.82, 2.24) is 4.98 Å². The Balaban J connectivity index is 2.64. The fraction of sp³-hybridized carbons (Fsp3) is 0.250. The Labute approximate surface area is 103 Å². The van der Waals surface area contributed by atoms with Gasteiger partial charge in [0.2, 0.25) is 0 Å². The highest BCUT2D eigenvalue weighted by Crippen LogP contribution is 2.29. The van der Waals surface area contributed by atoms with Crippen LogP contribution in [-0.4, -0.2) is 19.1 Å². The van der Waals surface area contributed by atoms with Crippen LogP contribution in [0.2, 0.25) is 5.02 Å². The Hall–Kier alpha value is -1.42. The van der Waals surface area contributed by atoms with Crippen LogP contribution in [0.25, 0.3) is 10.9 Å². The number of hydrogen-bond acceptors (Lipinski definition) is 2. The van der Waals surface area contributed by atoms with E-state index in [0.29, 0.717) is 15.9 Å². The van der Waals surface area contributed by atoms with E-state index in [1.807, 2.05) is 31.1 Å². The molecule has 0 aliphatic heterocycles. The number of hydrogen-bond donors (Lipinski definition) is 0. The van der Waals surface area contributed by atoms with E-state index in [1.165, 1.54) is 6.07 Å². The van der Waals surface area contributed by atoms with Crippen molar-refractivity contribution < 1.29 is 8.78 Å². The van der Waals surface area contributed by atoms with E-state index in [1.54, 1.807) is 6.07 Å². The number of halogens is 3. The van der Waals surface area contributed by atoms with Crippen molar-refractivity contribution in [3.63, 3.8) is 0 Å². The lowest BCUT2D eigenvalue weighted by molar-refractivity contribution is 0.146. The fourth-order valence-corrected chi connectivity index (χ4v) is 1.84. The second-order valence-corrected chi connectivity index (χ2v) is 4.33. The molecule has 1 aromatic heterocycles. The maximum Gasteiger partial charge on any atom is 0.280 e. The minimum absolute atomic E-state index is 0.292. The molecule has 0 bridgehead atoms. The lowest BCUT2D eigenvalue weighted by Gasteiger charge is -2.13. The van der Waals surface area contributed by atoms with Crippen molar-refractivity contribution in [2.45, 2.75) is 6.43 Å². The van der Waals surface area contributed by atoms with Gasteiger partial charge in [-0.3, -0.25) is 0 Å². The first-order valence-corrected chi connectivity index (χ1v) is 5.42. The average Bonchev–Trinajstić information content (AvgIpc) is 2.28. The fourth-order valence-electron chi connectivity index (χ4n) is 1.58. The molecule has 2 aromatic rings. The Kier molecular flexibility index (Phi) is 3.15. The lowest BCUT2D eigenvalue weighted by atomic mass is 10.1. The summed E-state index contributed by atoms with van der Waals surface area (Å²) in [6.07, 6.45) is -2.61. The summed E-state index contributed by atoms with van der Waals surface area (Å²) in [7, 11) is 3.80. The van der Waals surface area contributed by atoms with Gasteiger partial charge in [-0.15, -0.1) is 0 Å². The molecule has 0 aliphatic rings. The molecule has 2 nitrogen and oxygen atoms in total. The van der Waals surface area contributed by atoms with Gasteiger partial charge in [-0.1, -0.05) is 11.6 Å². The second kappa shape index (κ2) is 4.45. The first-order chi connectivity index (χ1) is 7.99. The quantitative estimate of drug-likeness (QED) is 0.810. The lowest BCUT2D eigenvalue weighted by Crippen LogP contribution is -2.08. The third-order valence-electron chi connectivity index (χ3n) is 2.50. The standard InChI is InChI=1S/C12H11ClF2N2/c1-17(2)7-3-4-10-8(5-7)9(13)6-11(16-10)12(14)15/h3-6,12H,1-2H3. The second-order valence-electron chi connectivity index (χ2n) is 3.93. The molecule has 5 heteroatoms. The van der Waals surface area contributed by atoms with E-state index in [4.69, 9.17) is 11.6 Å². The SMILES string of the molecule is CN(C)c1ccc2nc(C(F)F)cc(Cl)c2c1. The summed E-state index contributed by atoms with van der Waals surface area (Å²) in [5, 5.41) is 0.983. The van der Waals surface area contributed by atoms with Crippen LogP contribution >= 0.6 is 11.6 Å². The summed E-state index contributed by atoms with van der Waals surface area (Å²) in [4.78, 5) is 5.80. The molecule has 0 N–H and O–H groups in total. The van der Waals surface area contributed by atoms with E-state index in [-0.39, 0.29) is 5.69 Å². The van der Waals surface area contributed by atoms with Crippen molar-refractivity contribution in [2.75, 3.05) is 19.0 Å². The van der Waals surface area contributed by atoms with Crippen LogP contribution in [0.1, 0.15) is 12.1 Å². The van der Waals surface area contributed by atoms with Gasteiger partial charge < -0.3 is 4.90 Å². The minimum Gasteiger partial charge on any atom is -0.378 e. The van der Waals surface area contributed by atoms with E-state index in [2.05, 4.69) is 4.98 Å². The molecule has 0 radical (unpaired) electrons. The third kappa shape index (κ3) is 2.31. The maximum absolute atomic E-state index is 12.6. The summed E-state index contributed by atoms with van der Waals surface area (Å²) in [6, 6.07) is 6.57. The third-order valence-corrected chi connectivity index (χ3v) is 2.81. The molecule has 0 saturated heterocycles. The normalized spacial score (nSPS) is 11.2. The summed E-state index contributed by atoms with van der Waals surface area (Å²) in [5.74, 6) is 0. The Morgan fingerprint density at radius 2 is 1.94 bits per heavy atom. The van der Waals surface area contributed by atoms with Crippen molar-refractivity contribution in [3.8, 4) is 0 Å². The number of alkyl halides is 2. The topological polar surface area (TPSA) is 16.1 Å². The summed E-state index contributed by atoms with van der Waals surface area (Å²) < 4.78 is 25.1. The number of rotatable bonds is 2. The van der Waals surface area contributed by atoms with Crippen molar-refractivity contribution in [1.29, 1.82) is 0 Å². The van der Waals surface area contributed by atoms with Crippen LogP contribution in [0.5, 0.6) is 0 Å². The molecule has 0 aliphatic carbocycles. The highest BCUT2D eigenvalue weighted by atomic mass is 35.5. The number of aromatic nitrogens is 1. The van der Waals surface area contributed by atoms with Gasteiger partial charge in [0.15, 0.2) is 0 Å². The zero-order valence-electron chi connectivity index (χ0n) is 9.42. The Bertz CT molecular complexity index is 555. The zero-order chi connectivity index (χ0) is 12.6. The van der Waals surface area contributed by atoms with E-state index < -0.39 is 6.43 Å². The van der Waals surface area contributed by atoms with Gasteiger partial charge in [0.25, 0.3) is 6.43 Å². The maximum atomic E-state index is 12.6. The molecule has 1 heterocycles. The van der Waals surface area contributed by atoms with Gasteiger partial charge in [0, 0.05) is 25.2 Å². The number of pyridine rings is 1.